The molecule has 1 aromatic heterocycles. The van der Waals surface area contributed by atoms with E-state index < -0.39 is 0 Å². The zero-order valence-electron chi connectivity index (χ0n) is 12.8. The smallest absolute Gasteiger partial charge is 0.251 e. The maximum absolute atomic E-state index is 11.7. The fourth-order valence-corrected chi connectivity index (χ4v) is 2.23. The molecule has 5 heteroatoms. The molecule has 1 aromatic carbocycles. The average molecular weight is 286 g/mol. The van der Waals surface area contributed by atoms with E-state index in [0.717, 1.165) is 24.3 Å². The summed E-state index contributed by atoms with van der Waals surface area (Å²) in [6.45, 7) is 5.39. The first-order valence-electron chi connectivity index (χ1n) is 7.27. The molecule has 2 rings (SSSR count). The minimum absolute atomic E-state index is 0.0374. The first-order valence-corrected chi connectivity index (χ1v) is 7.27. The molecule has 21 heavy (non-hydrogen) atoms. The third-order valence-electron chi connectivity index (χ3n) is 3.29. The molecule has 112 valence electrons. The third-order valence-corrected chi connectivity index (χ3v) is 3.29. The van der Waals surface area contributed by atoms with E-state index >= 15 is 0 Å². The van der Waals surface area contributed by atoms with Crippen LogP contribution in [0.15, 0.2) is 30.5 Å². The number of amides is 1. The number of hydrogen-bond acceptors (Lipinski definition) is 3. The lowest BCUT2D eigenvalue weighted by atomic mass is 10.1. The number of aryl methyl sites for hydroxylation is 2. The Morgan fingerprint density at radius 3 is 2.57 bits per heavy atom. The van der Waals surface area contributed by atoms with E-state index in [1.54, 1.807) is 0 Å². The molecule has 0 saturated carbocycles. The Kier molecular flexibility index (Phi) is 4.98. The van der Waals surface area contributed by atoms with Crippen molar-refractivity contribution >= 4 is 11.6 Å². The molecule has 2 aromatic rings. The normalized spacial score (nSPS) is 10.4. The first-order chi connectivity index (χ1) is 10.1. The van der Waals surface area contributed by atoms with Gasteiger partial charge < -0.3 is 10.6 Å². The molecule has 0 aliphatic rings. The van der Waals surface area contributed by atoms with Crippen LogP contribution in [0.5, 0.6) is 0 Å². The molecular formula is C16H22N4O. The Morgan fingerprint density at radius 1 is 1.24 bits per heavy atom. The molecule has 5 nitrogen and oxygen atoms in total. The molecule has 1 heterocycles. The van der Waals surface area contributed by atoms with E-state index in [4.69, 9.17) is 0 Å². The van der Waals surface area contributed by atoms with Gasteiger partial charge in [-0.05, 0) is 37.6 Å². The Morgan fingerprint density at radius 2 is 1.95 bits per heavy atom. The molecule has 0 saturated heterocycles. The summed E-state index contributed by atoms with van der Waals surface area (Å²) in [6.07, 6.45) is 2.96. The minimum Gasteiger partial charge on any atom is -0.381 e. The molecule has 0 bridgehead atoms. The molecule has 0 aliphatic carbocycles. The number of hydrogen-bond donors (Lipinski definition) is 2. The molecular weight excluding hydrogens is 264 g/mol. The number of aromatic nitrogens is 2. The van der Waals surface area contributed by atoms with Crippen molar-refractivity contribution in [2.24, 2.45) is 7.05 Å². The van der Waals surface area contributed by atoms with Crippen LogP contribution in [0.25, 0.3) is 0 Å². The second-order valence-corrected chi connectivity index (χ2v) is 4.92. The van der Waals surface area contributed by atoms with E-state index in [9.17, 15) is 4.79 Å². The summed E-state index contributed by atoms with van der Waals surface area (Å²) in [4.78, 5) is 11.7. The van der Waals surface area contributed by atoms with Crippen LogP contribution in [0.4, 0.5) is 5.69 Å². The second-order valence-electron chi connectivity index (χ2n) is 4.92. The Balaban J connectivity index is 1.99. The molecule has 0 atom stereocenters. The van der Waals surface area contributed by atoms with Crippen molar-refractivity contribution in [1.29, 1.82) is 0 Å². The molecule has 1 amide bonds. The summed E-state index contributed by atoms with van der Waals surface area (Å²) < 4.78 is 1.84. The lowest BCUT2D eigenvalue weighted by molar-refractivity contribution is 0.0956. The summed E-state index contributed by atoms with van der Waals surface area (Å²) in [5, 5.41) is 10.6. The maximum Gasteiger partial charge on any atom is 0.251 e. The molecule has 0 spiro atoms. The van der Waals surface area contributed by atoms with Crippen LogP contribution in [0.2, 0.25) is 0 Å². The average Bonchev–Trinajstić information content (AvgIpc) is 2.86. The van der Waals surface area contributed by atoms with Crippen LogP contribution in [-0.4, -0.2) is 22.2 Å². The number of benzene rings is 1. The monoisotopic (exact) mass is 286 g/mol. The zero-order valence-corrected chi connectivity index (χ0v) is 12.8. The first kappa shape index (κ1) is 15.1. The van der Waals surface area contributed by atoms with E-state index in [1.807, 2.05) is 49.1 Å². The molecule has 2 N–H and O–H groups in total. The predicted octanol–water partition coefficient (Wildman–Crippen LogP) is 2.34. The van der Waals surface area contributed by atoms with Gasteiger partial charge in [-0.3, -0.25) is 9.48 Å². The molecule has 0 fully saturated rings. The molecule has 0 unspecified atom stereocenters. The van der Waals surface area contributed by atoms with Crippen molar-refractivity contribution in [2.75, 3.05) is 11.9 Å². The number of carbonyl (C=O) groups excluding carboxylic acids is 1. The lowest BCUT2D eigenvalue weighted by Gasteiger charge is -2.07. The van der Waals surface area contributed by atoms with Crippen LogP contribution in [0, 0.1) is 0 Å². The van der Waals surface area contributed by atoms with E-state index in [-0.39, 0.29) is 5.91 Å². The van der Waals surface area contributed by atoms with Gasteiger partial charge in [0.05, 0.1) is 5.69 Å². The largest absolute Gasteiger partial charge is 0.381 e. The number of carbonyl (C=O) groups is 1. The highest BCUT2D eigenvalue weighted by Crippen LogP contribution is 2.13. The summed E-state index contributed by atoms with van der Waals surface area (Å²) in [6, 6.07) is 7.51. The third kappa shape index (κ3) is 3.84. The van der Waals surface area contributed by atoms with Crippen molar-refractivity contribution in [3.63, 3.8) is 0 Å². The molecule has 0 radical (unpaired) electrons. The number of nitrogens with zero attached hydrogens (tertiary/aromatic N) is 2. The Hall–Kier alpha value is -2.30. The van der Waals surface area contributed by atoms with Gasteiger partial charge in [0, 0.05) is 43.1 Å². The van der Waals surface area contributed by atoms with Gasteiger partial charge in [-0.25, -0.2) is 0 Å². The van der Waals surface area contributed by atoms with Crippen molar-refractivity contribution in [3.05, 3.63) is 47.3 Å². The van der Waals surface area contributed by atoms with Gasteiger partial charge in [-0.15, -0.1) is 0 Å². The quantitative estimate of drug-likeness (QED) is 0.857. The van der Waals surface area contributed by atoms with Crippen LogP contribution < -0.4 is 10.6 Å². The van der Waals surface area contributed by atoms with Crippen LogP contribution in [0.3, 0.4) is 0 Å². The van der Waals surface area contributed by atoms with Crippen molar-refractivity contribution < 1.29 is 4.79 Å². The molecule has 0 aliphatic heterocycles. The highest BCUT2D eigenvalue weighted by Gasteiger charge is 2.06. The minimum atomic E-state index is -0.0374. The lowest BCUT2D eigenvalue weighted by Crippen LogP contribution is -2.22. The van der Waals surface area contributed by atoms with Gasteiger partial charge >= 0.3 is 0 Å². The highest BCUT2D eigenvalue weighted by molar-refractivity contribution is 5.94. The van der Waals surface area contributed by atoms with Gasteiger partial charge in [-0.1, -0.05) is 6.92 Å². The summed E-state index contributed by atoms with van der Waals surface area (Å²) in [7, 11) is 1.93. The SMILES string of the molecule is CCNC(=O)c1ccc(NCc2cn(C)nc2CC)cc1. The second kappa shape index (κ2) is 6.92. The zero-order chi connectivity index (χ0) is 15.2. The number of nitrogens with one attached hydrogen (secondary N) is 2. The standard InChI is InChI=1S/C16H22N4O/c1-4-15-13(11-20(3)19-15)10-18-14-8-6-12(7-9-14)16(21)17-5-2/h6-9,11,18H,4-5,10H2,1-3H3,(H,17,21). The van der Waals surface area contributed by atoms with Gasteiger partial charge in [0.1, 0.15) is 0 Å². The maximum atomic E-state index is 11.7. The summed E-state index contributed by atoms with van der Waals surface area (Å²) in [5.41, 5.74) is 3.99. The van der Waals surface area contributed by atoms with Gasteiger partial charge in [0.15, 0.2) is 0 Å². The van der Waals surface area contributed by atoms with Crippen molar-refractivity contribution in [1.82, 2.24) is 15.1 Å². The highest BCUT2D eigenvalue weighted by atomic mass is 16.1. The van der Waals surface area contributed by atoms with Gasteiger partial charge in [0.2, 0.25) is 0 Å². The van der Waals surface area contributed by atoms with Crippen molar-refractivity contribution in [2.45, 2.75) is 26.8 Å². The number of rotatable bonds is 6. The van der Waals surface area contributed by atoms with E-state index in [2.05, 4.69) is 22.7 Å². The van der Waals surface area contributed by atoms with Crippen LogP contribution in [0.1, 0.15) is 35.5 Å². The van der Waals surface area contributed by atoms with Gasteiger partial charge in [-0.2, -0.15) is 5.10 Å². The fourth-order valence-electron chi connectivity index (χ4n) is 2.23. The summed E-state index contributed by atoms with van der Waals surface area (Å²) in [5.74, 6) is -0.0374. The van der Waals surface area contributed by atoms with Crippen LogP contribution >= 0.6 is 0 Å². The predicted molar refractivity (Wildman–Crippen MR) is 84.4 cm³/mol. The Labute approximate surface area is 125 Å². The van der Waals surface area contributed by atoms with Crippen molar-refractivity contribution in [3.8, 4) is 0 Å². The van der Waals surface area contributed by atoms with E-state index in [0.29, 0.717) is 12.1 Å². The fraction of sp³-hybridized carbons (Fsp3) is 0.375. The van der Waals surface area contributed by atoms with Crippen LogP contribution in [-0.2, 0) is 20.0 Å². The Bertz CT molecular complexity index is 601. The van der Waals surface area contributed by atoms with E-state index in [1.165, 1.54) is 5.56 Å². The summed E-state index contributed by atoms with van der Waals surface area (Å²) >= 11 is 0. The topological polar surface area (TPSA) is 59.0 Å². The number of anilines is 1. The van der Waals surface area contributed by atoms with Gasteiger partial charge in [0.25, 0.3) is 5.91 Å².